The van der Waals surface area contributed by atoms with Crippen molar-refractivity contribution in [3.05, 3.63) is 46.2 Å². The Hall–Kier alpha value is -2.31. The van der Waals surface area contributed by atoms with Crippen LogP contribution in [0.2, 0.25) is 5.02 Å². The van der Waals surface area contributed by atoms with Gasteiger partial charge in [0, 0.05) is 27.9 Å². The molecule has 0 radical (unpaired) electrons. The second kappa shape index (κ2) is 7.51. The highest BCUT2D eigenvalue weighted by Crippen LogP contribution is 2.42. The van der Waals surface area contributed by atoms with Gasteiger partial charge in [0.15, 0.2) is 0 Å². The molecular weight excluding hydrogens is 332 g/mol. The largest absolute Gasteiger partial charge is 0.496 e. The predicted octanol–water partition coefficient (Wildman–Crippen LogP) is 3.37. The molecule has 1 heterocycles. The van der Waals surface area contributed by atoms with Crippen LogP contribution in [0, 0.1) is 6.92 Å². The Morgan fingerprint density at radius 2 is 2.17 bits per heavy atom. The van der Waals surface area contributed by atoms with E-state index >= 15 is 0 Å². The van der Waals surface area contributed by atoms with E-state index in [4.69, 9.17) is 31.9 Å². The molecule has 6 nitrogen and oxygen atoms in total. The second-order valence-corrected chi connectivity index (χ2v) is 5.66. The van der Waals surface area contributed by atoms with Crippen molar-refractivity contribution in [3.63, 3.8) is 0 Å². The third-order valence-electron chi connectivity index (χ3n) is 3.72. The summed E-state index contributed by atoms with van der Waals surface area (Å²) in [5, 5.41) is 9.64. The SMILES string of the molecule is COc1c(C(C)OC(N)=O)cc(Cl)c(C)c1-c1ccc(CO)nc1. The van der Waals surface area contributed by atoms with E-state index in [-0.39, 0.29) is 6.61 Å². The van der Waals surface area contributed by atoms with Gasteiger partial charge in [-0.25, -0.2) is 4.79 Å². The highest BCUT2D eigenvalue weighted by atomic mass is 35.5. The maximum absolute atomic E-state index is 11.1. The minimum Gasteiger partial charge on any atom is -0.496 e. The van der Waals surface area contributed by atoms with Gasteiger partial charge in [-0.05, 0) is 31.5 Å². The Morgan fingerprint density at radius 3 is 2.67 bits per heavy atom. The van der Waals surface area contributed by atoms with Crippen molar-refractivity contribution in [1.82, 2.24) is 4.98 Å². The molecule has 1 aromatic heterocycles. The lowest BCUT2D eigenvalue weighted by Crippen LogP contribution is -2.16. The predicted molar refractivity (Wildman–Crippen MR) is 91.0 cm³/mol. The lowest BCUT2D eigenvalue weighted by atomic mass is 9.95. The molecule has 3 N–H and O–H groups in total. The van der Waals surface area contributed by atoms with Crippen LogP contribution >= 0.6 is 11.6 Å². The van der Waals surface area contributed by atoms with Crippen molar-refractivity contribution in [2.24, 2.45) is 5.73 Å². The quantitative estimate of drug-likeness (QED) is 0.862. The number of ether oxygens (including phenoxy) is 2. The second-order valence-electron chi connectivity index (χ2n) is 5.26. The van der Waals surface area contributed by atoms with Crippen LogP contribution in [0.4, 0.5) is 4.79 Å². The monoisotopic (exact) mass is 350 g/mol. The first-order valence-corrected chi connectivity index (χ1v) is 7.66. The number of aliphatic hydroxyl groups excluding tert-OH is 1. The molecule has 128 valence electrons. The van der Waals surface area contributed by atoms with Gasteiger partial charge in [0.1, 0.15) is 11.9 Å². The maximum Gasteiger partial charge on any atom is 0.405 e. The summed E-state index contributed by atoms with van der Waals surface area (Å²) in [4.78, 5) is 15.2. The molecule has 2 aromatic rings. The fourth-order valence-corrected chi connectivity index (χ4v) is 2.73. The molecule has 1 unspecified atom stereocenters. The van der Waals surface area contributed by atoms with Gasteiger partial charge in [-0.2, -0.15) is 0 Å². The summed E-state index contributed by atoms with van der Waals surface area (Å²) >= 11 is 6.35. The summed E-state index contributed by atoms with van der Waals surface area (Å²) in [6.45, 7) is 3.41. The topological polar surface area (TPSA) is 94.7 Å². The number of pyridine rings is 1. The molecule has 24 heavy (non-hydrogen) atoms. The third-order valence-corrected chi connectivity index (χ3v) is 4.11. The van der Waals surface area contributed by atoms with Gasteiger partial charge >= 0.3 is 6.09 Å². The molecule has 7 heteroatoms. The molecule has 0 aliphatic rings. The number of carbonyl (C=O) groups excluding carboxylic acids is 1. The number of rotatable bonds is 5. The molecule has 0 bridgehead atoms. The number of hydrogen-bond donors (Lipinski definition) is 2. The van der Waals surface area contributed by atoms with Crippen LogP contribution in [-0.2, 0) is 11.3 Å². The van der Waals surface area contributed by atoms with E-state index in [0.29, 0.717) is 22.0 Å². The summed E-state index contributed by atoms with van der Waals surface area (Å²) in [5.74, 6) is 0.532. The number of carbonyl (C=O) groups is 1. The number of benzene rings is 1. The van der Waals surface area contributed by atoms with Crippen molar-refractivity contribution in [2.75, 3.05) is 7.11 Å². The number of nitrogens with two attached hydrogens (primary N) is 1. The maximum atomic E-state index is 11.1. The summed E-state index contributed by atoms with van der Waals surface area (Å²) in [6.07, 6.45) is 0.131. The average molecular weight is 351 g/mol. The fourth-order valence-electron chi connectivity index (χ4n) is 2.52. The Bertz CT molecular complexity index is 747. The van der Waals surface area contributed by atoms with E-state index in [2.05, 4.69) is 4.98 Å². The van der Waals surface area contributed by atoms with E-state index in [1.807, 2.05) is 13.0 Å². The van der Waals surface area contributed by atoms with Crippen LogP contribution in [0.5, 0.6) is 5.75 Å². The Kier molecular flexibility index (Phi) is 5.64. The van der Waals surface area contributed by atoms with Crippen molar-refractivity contribution < 1.29 is 19.4 Å². The van der Waals surface area contributed by atoms with Gasteiger partial charge < -0.3 is 20.3 Å². The Balaban J connectivity index is 2.64. The minimum absolute atomic E-state index is 0.138. The lowest BCUT2D eigenvalue weighted by Gasteiger charge is -2.21. The zero-order valence-corrected chi connectivity index (χ0v) is 14.4. The van der Waals surface area contributed by atoms with Crippen molar-refractivity contribution >= 4 is 17.7 Å². The molecular formula is C17H19ClN2O4. The molecule has 0 fully saturated rings. The number of aromatic nitrogens is 1. The highest BCUT2D eigenvalue weighted by Gasteiger charge is 2.22. The number of nitrogens with zero attached hydrogens (tertiary/aromatic N) is 1. The van der Waals surface area contributed by atoms with Crippen LogP contribution in [0.1, 0.15) is 29.8 Å². The Morgan fingerprint density at radius 1 is 1.46 bits per heavy atom. The Labute approximate surface area is 145 Å². The molecule has 1 amide bonds. The third kappa shape index (κ3) is 3.60. The lowest BCUT2D eigenvalue weighted by molar-refractivity contribution is 0.115. The number of aliphatic hydroxyl groups is 1. The van der Waals surface area contributed by atoms with Crippen molar-refractivity contribution in [3.8, 4) is 16.9 Å². The number of hydrogen-bond acceptors (Lipinski definition) is 5. The highest BCUT2D eigenvalue weighted by molar-refractivity contribution is 6.32. The smallest absolute Gasteiger partial charge is 0.405 e. The van der Waals surface area contributed by atoms with Gasteiger partial charge in [-0.1, -0.05) is 17.7 Å². The number of methoxy groups -OCH3 is 1. The van der Waals surface area contributed by atoms with Gasteiger partial charge in [0.25, 0.3) is 0 Å². The van der Waals surface area contributed by atoms with Crippen molar-refractivity contribution in [1.29, 1.82) is 0 Å². The van der Waals surface area contributed by atoms with Crippen LogP contribution in [0.15, 0.2) is 24.4 Å². The van der Waals surface area contributed by atoms with Crippen LogP contribution < -0.4 is 10.5 Å². The van der Waals surface area contributed by atoms with Gasteiger partial charge in [0.05, 0.1) is 19.4 Å². The van der Waals surface area contributed by atoms with Crippen LogP contribution in [-0.4, -0.2) is 23.3 Å². The van der Waals surface area contributed by atoms with E-state index in [0.717, 1.165) is 16.7 Å². The normalized spacial score (nSPS) is 11.9. The standard InChI is InChI=1S/C17H19ClN2O4/c1-9-14(18)6-13(10(2)24-17(19)22)16(23-3)15(9)11-4-5-12(8-21)20-7-11/h4-7,10,21H,8H2,1-3H3,(H2,19,22). The molecule has 1 atom stereocenters. The van der Waals surface area contributed by atoms with Crippen LogP contribution in [0.25, 0.3) is 11.1 Å². The van der Waals surface area contributed by atoms with E-state index in [1.165, 1.54) is 7.11 Å². The molecule has 0 saturated heterocycles. The summed E-state index contributed by atoms with van der Waals surface area (Å²) in [5.41, 5.74) is 8.60. The number of primary amides is 1. The molecule has 1 aromatic carbocycles. The number of halogens is 1. The fraction of sp³-hybridized carbons (Fsp3) is 0.294. The van der Waals surface area contributed by atoms with Crippen molar-refractivity contribution in [2.45, 2.75) is 26.6 Å². The molecule has 0 aliphatic heterocycles. The van der Waals surface area contributed by atoms with Crippen LogP contribution in [0.3, 0.4) is 0 Å². The van der Waals surface area contributed by atoms with E-state index in [1.54, 1.807) is 25.3 Å². The zero-order valence-electron chi connectivity index (χ0n) is 13.7. The van der Waals surface area contributed by atoms with Gasteiger partial charge in [-0.3, -0.25) is 4.98 Å². The molecule has 2 rings (SSSR count). The molecule has 0 spiro atoms. The first kappa shape index (κ1) is 18.0. The van der Waals surface area contributed by atoms with E-state index in [9.17, 15) is 4.79 Å². The minimum atomic E-state index is -0.878. The number of amides is 1. The zero-order chi connectivity index (χ0) is 17.9. The van der Waals surface area contributed by atoms with Gasteiger partial charge in [-0.15, -0.1) is 0 Å². The van der Waals surface area contributed by atoms with Gasteiger partial charge in [0.2, 0.25) is 0 Å². The average Bonchev–Trinajstić information content (AvgIpc) is 2.56. The van der Waals surface area contributed by atoms with E-state index < -0.39 is 12.2 Å². The summed E-state index contributed by atoms with van der Waals surface area (Å²) in [7, 11) is 1.53. The summed E-state index contributed by atoms with van der Waals surface area (Å²) < 4.78 is 10.6. The first-order chi connectivity index (χ1) is 11.4. The molecule has 0 saturated carbocycles. The molecule has 0 aliphatic carbocycles. The first-order valence-electron chi connectivity index (χ1n) is 7.28. The summed E-state index contributed by atoms with van der Waals surface area (Å²) in [6, 6.07) is 5.24.